The van der Waals surface area contributed by atoms with Gasteiger partial charge in [-0.1, -0.05) is 54.1 Å². The summed E-state index contributed by atoms with van der Waals surface area (Å²) in [6.45, 7) is 8.50. The van der Waals surface area contributed by atoms with Gasteiger partial charge >= 0.3 is 5.97 Å². The van der Waals surface area contributed by atoms with Gasteiger partial charge in [0.25, 0.3) is 0 Å². The summed E-state index contributed by atoms with van der Waals surface area (Å²) in [6, 6.07) is 16.9. The molecule has 0 bridgehead atoms. The molecule has 4 rings (SSSR count). The first-order chi connectivity index (χ1) is 20.0. The molecule has 0 saturated carbocycles. The second-order valence-electron chi connectivity index (χ2n) is 12.3. The van der Waals surface area contributed by atoms with E-state index in [1.165, 1.54) is 6.08 Å². The number of carbonyl (C=O) groups is 3. The highest BCUT2D eigenvalue weighted by Crippen LogP contribution is 2.36. The van der Waals surface area contributed by atoms with Crippen LogP contribution in [0.5, 0.6) is 0 Å². The fraction of sp³-hybridized carbons (Fsp3) is 0.441. The van der Waals surface area contributed by atoms with Crippen molar-refractivity contribution in [1.82, 2.24) is 15.2 Å². The smallest absolute Gasteiger partial charge is 0.314 e. The van der Waals surface area contributed by atoms with Crippen molar-refractivity contribution in [3.05, 3.63) is 83.6 Å². The Balaban J connectivity index is 1.62. The number of aromatic nitrogens is 1. The number of para-hydroxylation sites is 1. The third-order valence-corrected chi connectivity index (χ3v) is 7.81. The molecule has 2 heterocycles. The Labute approximate surface area is 248 Å². The normalized spacial score (nSPS) is 18.5. The van der Waals surface area contributed by atoms with Gasteiger partial charge < -0.3 is 25.7 Å². The number of benzene rings is 2. The molecule has 224 valence electrons. The second-order valence-corrected chi connectivity index (χ2v) is 12.3. The quantitative estimate of drug-likeness (QED) is 0.228. The molecule has 3 aromatic rings. The maximum absolute atomic E-state index is 14.2. The zero-order valence-electron chi connectivity index (χ0n) is 25.2. The lowest BCUT2D eigenvalue weighted by Crippen LogP contribution is -2.56. The maximum atomic E-state index is 14.2. The number of hydrogen-bond donors (Lipinski definition) is 3. The fourth-order valence-corrected chi connectivity index (χ4v) is 6.12. The van der Waals surface area contributed by atoms with Crippen LogP contribution < -0.4 is 11.1 Å². The summed E-state index contributed by atoms with van der Waals surface area (Å²) in [7, 11) is 0. The van der Waals surface area contributed by atoms with Gasteiger partial charge in [0.15, 0.2) is 0 Å². The van der Waals surface area contributed by atoms with Gasteiger partial charge in [-0.2, -0.15) is 0 Å². The zero-order valence-corrected chi connectivity index (χ0v) is 25.2. The molecular formula is C34H44N4O4. The molecule has 1 aliphatic rings. The lowest BCUT2D eigenvalue weighted by atomic mass is 9.75. The number of ether oxygens (including phenoxy) is 1. The van der Waals surface area contributed by atoms with Crippen LogP contribution in [0.2, 0.25) is 0 Å². The van der Waals surface area contributed by atoms with Crippen molar-refractivity contribution < 1.29 is 19.1 Å². The van der Waals surface area contributed by atoms with Crippen molar-refractivity contribution in [2.75, 3.05) is 19.7 Å². The highest BCUT2D eigenvalue weighted by molar-refractivity contribution is 5.94. The number of amides is 2. The molecule has 42 heavy (non-hydrogen) atoms. The van der Waals surface area contributed by atoms with Gasteiger partial charge in [-0.25, -0.2) is 0 Å². The molecule has 1 aliphatic heterocycles. The van der Waals surface area contributed by atoms with Crippen molar-refractivity contribution in [3.63, 3.8) is 0 Å². The van der Waals surface area contributed by atoms with Crippen molar-refractivity contribution in [1.29, 1.82) is 0 Å². The van der Waals surface area contributed by atoms with Gasteiger partial charge in [-0.3, -0.25) is 14.4 Å². The number of esters is 1. The molecule has 4 N–H and O–H groups in total. The van der Waals surface area contributed by atoms with E-state index in [-0.39, 0.29) is 30.9 Å². The minimum absolute atomic E-state index is 0.208. The van der Waals surface area contributed by atoms with Gasteiger partial charge in [0.05, 0.1) is 12.0 Å². The van der Waals surface area contributed by atoms with Crippen LogP contribution in [0.25, 0.3) is 10.9 Å². The first-order valence-electron chi connectivity index (χ1n) is 14.8. The predicted molar refractivity (Wildman–Crippen MR) is 166 cm³/mol. The highest BCUT2D eigenvalue weighted by Gasteiger charge is 2.45. The molecule has 1 fully saturated rings. The lowest BCUT2D eigenvalue weighted by Gasteiger charge is -2.42. The van der Waals surface area contributed by atoms with Gasteiger partial charge in [0.2, 0.25) is 11.8 Å². The number of hydrogen-bond acceptors (Lipinski definition) is 5. The van der Waals surface area contributed by atoms with E-state index in [2.05, 4.69) is 10.3 Å². The average molecular weight is 573 g/mol. The topological polar surface area (TPSA) is 118 Å². The summed E-state index contributed by atoms with van der Waals surface area (Å²) < 4.78 is 5.56. The van der Waals surface area contributed by atoms with E-state index in [4.69, 9.17) is 10.5 Å². The molecule has 1 saturated heterocycles. The molecule has 8 heteroatoms. The third-order valence-electron chi connectivity index (χ3n) is 7.81. The van der Waals surface area contributed by atoms with Gasteiger partial charge in [-0.15, -0.1) is 0 Å². The van der Waals surface area contributed by atoms with Crippen LogP contribution in [0.3, 0.4) is 0 Å². The van der Waals surface area contributed by atoms with E-state index < -0.39 is 17.0 Å². The molecule has 8 nitrogen and oxygen atoms in total. The third kappa shape index (κ3) is 7.88. The molecule has 0 aliphatic carbocycles. The SMILES string of the molecule is CCOC(=O)[C@]1(Cc2ccccc2)CCCN(C(=O)[C@@H](Cc2c[nH]c3ccccc23)NC(=O)/C=C(\C)CC(C)(C)N)C1. The largest absolute Gasteiger partial charge is 0.466 e. The molecule has 2 amide bonds. The van der Waals surface area contributed by atoms with Crippen molar-refractivity contribution in [2.45, 2.75) is 71.4 Å². The molecule has 2 aromatic carbocycles. The summed E-state index contributed by atoms with van der Waals surface area (Å²) in [6.07, 6.45) is 6.05. The lowest BCUT2D eigenvalue weighted by molar-refractivity contribution is -0.161. The Morgan fingerprint density at radius 3 is 2.57 bits per heavy atom. The Kier molecular flexibility index (Phi) is 9.89. The standard InChI is InChI=1S/C34H44N4O4/c1-5-42-32(41)34(21-25-12-7-6-8-13-25)16-11-17-38(23-34)31(40)29(37-30(39)18-24(2)20-33(3,4)35)19-26-22-36-28-15-10-9-14-27(26)28/h6-10,12-15,18,22,29,36H,5,11,16-17,19-21,23,35H2,1-4H3,(H,37,39)/b24-18+/t29-,34+/m1/s1. The first-order valence-corrected chi connectivity index (χ1v) is 14.8. The number of piperidine rings is 1. The van der Waals surface area contributed by atoms with Crippen LogP contribution in [0.4, 0.5) is 0 Å². The number of likely N-dealkylation sites (tertiary alicyclic amines) is 1. The molecular weight excluding hydrogens is 528 g/mol. The summed E-state index contributed by atoms with van der Waals surface area (Å²) in [4.78, 5) is 45.9. The summed E-state index contributed by atoms with van der Waals surface area (Å²) in [5, 5.41) is 3.99. The Bertz CT molecular complexity index is 1420. The highest BCUT2D eigenvalue weighted by atomic mass is 16.5. The Hall–Kier alpha value is -3.91. The van der Waals surface area contributed by atoms with E-state index in [1.54, 1.807) is 11.8 Å². The van der Waals surface area contributed by atoms with E-state index >= 15 is 0 Å². The monoisotopic (exact) mass is 572 g/mol. The van der Waals surface area contributed by atoms with Gasteiger partial charge in [0.1, 0.15) is 6.04 Å². The Morgan fingerprint density at radius 1 is 1.14 bits per heavy atom. The van der Waals surface area contributed by atoms with E-state index in [0.29, 0.717) is 38.6 Å². The number of nitrogens with zero attached hydrogens (tertiary/aromatic N) is 1. The Morgan fingerprint density at radius 2 is 1.86 bits per heavy atom. The van der Waals surface area contributed by atoms with Crippen molar-refractivity contribution in [2.24, 2.45) is 11.1 Å². The van der Waals surface area contributed by atoms with Crippen LogP contribution in [0, 0.1) is 5.41 Å². The molecule has 0 unspecified atom stereocenters. The second kappa shape index (κ2) is 13.4. The zero-order chi connectivity index (χ0) is 30.3. The molecule has 0 radical (unpaired) electrons. The van der Waals surface area contributed by atoms with Crippen molar-refractivity contribution in [3.8, 4) is 0 Å². The summed E-state index contributed by atoms with van der Waals surface area (Å²) >= 11 is 0. The van der Waals surface area contributed by atoms with Crippen LogP contribution >= 0.6 is 0 Å². The van der Waals surface area contributed by atoms with Crippen LogP contribution in [0.15, 0.2) is 72.4 Å². The fourth-order valence-electron chi connectivity index (χ4n) is 6.12. The molecule has 1 aromatic heterocycles. The number of H-pyrrole nitrogens is 1. The van der Waals surface area contributed by atoms with E-state index in [0.717, 1.165) is 27.6 Å². The predicted octanol–water partition coefficient (Wildman–Crippen LogP) is 4.68. The summed E-state index contributed by atoms with van der Waals surface area (Å²) in [5.74, 6) is -0.834. The average Bonchev–Trinajstić information content (AvgIpc) is 3.34. The first kappa shape index (κ1) is 31.0. The minimum atomic E-state index is -0.857. The molecule has 0 spiro atoms. The van der Waals surface area contributed by atoms with E-state index in [1.807, 2.05) is 81.6 Å². The van der Waals surface area contributed by atoms with Gasteiger partial charge in [0, 0.05) is 48.2 Å². The maximum Gasteiger partial charge on any atom is 0.314 e. The molecule has 2 atom stereocenters. The number of fused-ring (bicyclic) bond motifs is 1. The van der Waals surface area contributed by atoms with E-state index in [9.17, 15) is 14.4 Å². The minimum Gasteiger partial charge on any atom is -0.466 e. The van der Waals surface area contributed by atoms with Gasteiger partial charge in [-0.05, 0) is 70.6 Å². The number of nitrogens with one attached hydrogen (secondary N) is 2. The van der Waals surface area contributed by atoms with Crippen LogP contribution in [0.1, 0.15) is 58.1 Å². The number of carbonyl (C=O) groups excluding carboxylic acids is 3. The van der Waals surface area contributed by atoms with Crippen LogP contribution in [-0.2, 0) is 32.0 Å². The van der Waals surface area contributed by atoms with Crippen molar-refractivity contribution >= 4 is 28.7 Å². The summed E-state index contributed by atoms with van der Waals surface area (Å²) in [5.41, 5.74) is 8.60. The number of nitrogens with two attached hydrogens (primary N) is 1. The van der Waals surface area contributed by atoms with Crippen LogP contribution in [-0.4, -0.2) is 58.9 Å². The number of rotatable bonds is 11. The number of aromatic amines is 1.